The van der Waals surface area contributed by atoms with Gasteiger partial charge in [0.2, 0.25) is 0 Å². The highest BCUT2D eigenvalue weighted by Gasteiger charge is 2.00. The van der Waals surface area contributed by atoms with Gasteiger partial charge in [-0.2, -0.15) is 0 Å². The molecule has 0 aliphatic heterocycles. The van der Waals surface area contributed by atoms with Crippen LogP contribution < -0.4 is 11.1 Å². The highest BCUT2D eigenvalue weighted by atomic mass is 32.2. The van der Waals surface area contributed by atoms with E-state index in [4.69, 9.17) is 15.9 Å². The summed E-state index contributed by atoms with van der Waals surface area (Å²) in [5, 5.41) is 9.66. The van der Waals surface area contributed by atoms with Crippen molar-refractivity contribution in [1.29, 1.82) is 5.41 Å². The van der Waals surface area contributed by atoms with Gasteiger partial charge in [0.1, 0.15) is 0 Å². The lowest BCUT2D eigenvalue weighted by atomic mass is 10.1. The summed E-state index contributed by atoms with van der Waals surface area (Å²) in [6.45, 7) is 3.15. The van der Waals surface area contributed by atoms with Crippen LogP contribution in [0.15, 0.2) is 0 Å². The molecule has 0 radical (unpaired) electrons. The Hall–Kier alpha value is -0.910. The third kappa shape index (κ3) is 13.2. The number of alkyl carbamates (subject to hydrolysis) is 1. The lowest BCUT2D eigenvalue weighted by Gasteiger charge is -2.06. The number of hydrogen-bond acceptors (Lipinski definition) is 4. The summed E-state index contributed by atoms with van der Waals surface area (Å²) in [6, 6.07) is 0. The maximum atomic E-state index is 11.2. The lowest BCUT2D eigenvalue weighted by molar-refractivity contribution is 0.144. The van der Waals surface area contributed by atoms with E-state index in [1.54, 1.807) is 0 Å². The number of ether oxygens (including phenoxy) is 1. The summed E-state index contributed by atoms with van der Waals surface area (Å²) in [7, 11) is 0. The predicted molar refractivity (Wildman–Crippen MR) is 77.1 cm³/mol. The fourth-order valence-corrected chi connectivity index (χ4v) is 1.84. The molecule has 18 heavy (non-hydrogen) atoms. The zero-order valence-electron chi connectivity index (χ0n) is 11.2. The minimum atomic E-state index is -0.382. The van der Waals surface area contributed by atoms with Crippen molar-refractivity contribution in [3.63, 3.8) is 0 Å². The number of amides is 1. The van der Waals surface area contributed by atoms with Gasteiger partial charge in [0.25, 0.3) is 0 Å². The first-order valence-corrected chi connectivity index (χ1v) is 7.52. The van der Waals surface area contributed by atoms with Crippen LogP contribution in [-0.2, 0) is 4.74 Å². The van der Waals surface area contributed by atoms with Gasteiger partial charge >= 0.3 is 6.09 Å². The molecule has 5 nitrogen and oxygen atoms in total. The molecule has 0 unspecified atom stereocenters. The van der Waals surface area contributed by atoms with E-state index in [1.165, 1.54) is 37.4 Å². The van der Waals surface area contributed by atoms with Gasteiger partial charge in [0.05, 0.1) is 6.61 Å². The SMILES string of the molecule is CCCCCCCCOC(=O)NCCSC(=N)N. The number of unbranched alkanes of at least 4 members (excludes halogenated alkanes) is 5. The topological polar surface area (TPSA) is 88.2 Å². The fraction of sp³-hybridized carbons (Fsp3) is 0.833. The molecule has 0 saturated carbocycles. The molecule has 1 amide bonds. The van der Waals surface area contributed by atoms with E-state index >= 15 is 0 Å². The molecule has 0 atom stereocenters. The Bertz CT molecular complexity index is 237. The second-order valence-corrected chi connectivity index (χ2v) is 5.18. The van der Waals surface area contributed by atoms with Gasteiger partial charge in [-0.15, -0.1) is 0 Å². The Morgan fingerprint density at radius 3 is 2.61 bits per heavy atom. The van der Waals surface area contributed by atoms with E-state index in [0.717, 1.165) is 12.8 Å². The number of nitrogens with two attached hydrogens (primary N) is 1. The number of amidine groups is 1. The van der Waals surface area contributed by atoms with Gasteiger partial charge in [-0.25, -0.2) is 4.79 Å². The maximum absolute atomic E-state index is 11.2. The van der Waals surface area contributed by atoms with Crippen LogP contribution in [0.25, 0.3) is 0 Å². The summed E-state index contributed by atoms with van der Waals surface area (Å²) >= 11 is 1.20. The minimum Gasteiger partial charge on any atom is -0.450 e. The number of nitrogens with one attached hydrogen (secondary N) is 2. The standard InChI is InChI=1S/C12H25N3O2S/c1-2-3-4-5-6-7-9-17-12(16)15-8-10-18-11(13)14/h2-10H2,1H3,(H3,13,14)(H,15,16). The van der Waals surface area contributed by atoms with Gasteiger partial charge < -0.3 is 15.8 Å². The summed E-state index contributed by atoms with van der Waals surface area (Å²) in [4.78, 5) is 11.2. The highest BCUT2D eigenvalue weighted by molar-refractivity contribution is 8.13. The van der Waals surface area contributed by atoms with Crippen LogP contribution in [-0.4, -0.2) is 30.2 Å². The number of carbonyl (C=O) groups excluding carboxylic acids is 1. The third-order valence-corrected chi connectivity index (χ3v) is 3.08. The van der Waals surface area contributed by atoms with Crippen LogP contribution in [0.2, 0.25) is 0 Å². The van der Waals surface area contributed by atoms with Crippen molar-refractivity contribution in [1.82, 2.24) is 5.32 Å². The monoisotopic (exact) mass is 275 g/mol. The van der Waals surface area contributed by atoms with E-state index in [1.807, 2.05) is 0 Å². The summed E-state index contributed by atoms with van der Waals surface area (Å²) < 4.78 is 5.01. The molecule has 4 N–H and O–H groups in total. The number of hydrogen-bond donors (Lipinski definition) is 3. The molecule has 0 saturated heterocycles. The zero-order chi connectivity index (χ0) is 13.6. The molecule has 0 rings (SSSR count). The molecule has 106 valence electrons. The molecule has 6 heteroatoms. The van der Waals surface area contributed by atoms with E-state index in [2.05, 4.69) is 12.2 Å². The van der Waals surface area contributed by atoms with Crippen molar-refractivity contribution in [2.45, 2.75) is 45.4 Å². The fourth-order valence-electron chi connectivity index (χ4n) is 1.41. The molecule has 0 aromatic heterocycles. The highest BCUT2D eigenvalue weighted by Crippen LogP contribution is 2.04. The minimum absolute atomic E-state index is 0.0669. The van der Waals surface area contributed by atoms with Crippen LogP contribution >= 0.6 is 11.8 Å². The Morgan fingerprint density at radius 2 is 1.94 bits per heavy atom. The molecule has 0 bridgehead atoms. The molecule has 0 aromatic carbocycles. The second-order valence-electron chi connectivity index (χ2n) is 4.04. The van der Waals surface area contributed by atoms with Crippen molar-refractivity contribution >= 4 is 23.0 Å². The van der Waals surface area contributed by atoms with Crippen molar-refractivity contribution in [2.75, 3.05) is 18.9 Å². The summed E-state index contributed by atoms with van der Waals surface area (Å²) in [5.74, 6) is 0.599. The molecular formula is C12H25N3O2S. The van der Waals surface area contributed by atoms with E-state index in [0.29, 0.717) is 18.9 Å². The molecule has 0 spiro atoms. The van der Waals surface area contributed by atoms with Crippen molar-refractivity contribution in [3.8, 4) is 0 Å². The molecule has 0 aromatic rings. The zero-order valence-corrected chi connectivity index (χ0v) is 12.0. The van der Waals surface area contributed by atoms with Gasteiger partial charge in [0, 0.05) is 12.3 Å². The number of rotatable bonds is 10. The van der Waals surface area contributed by atoms with E-state index in [-0.39, 0.29) is 11.3 Å². The first-order chi connectivity index (χ1) is 8.66. The molecular weight excluding hydrogens is 250 g/mol. The number of thioether (sulfide) groups is 1. The van der Waals surface area contributed by atoms with Gasteiger partial charge in [0.15, 0.2) is 5.17 Å². The summed E-state index contributed by atoms with van der Waals surface area (Å²) in [6.07, 6.45) is 6.69. The van der Waals surface area contributed by atoms with Crippen molar-refractivity contribution in [3.05, 3.63) is 0 Å². The smallest absolute Gasteiger partial charge is 0.407 e. The second kappa shape index (κ2) is 12.5. The van der Waals surface area contributed by atoms with Gasteiger partial charge in [-0.3, -0.25) is 5.41 Å². The van der Waals surface area contributed by atoms with Crippen LogP contribution in [0.5, 0.6) is 0 Å². The van der Waals surface area contributed by atoms with Crippen LogP contribution in [0.4, 0.5) is 4.79 Å². The quantitative estimate of drug-likeness (QED) is 0.325. The Morgan fingerprint density at radius 1 is 1.28 bits per heavy atom. The largest absolute Gasteiger partial charge is 0.450 e. The van der Waals surface area contributed by atoms with Crippen molar-refractivity contribution < 1.29 is 9.53 Å². The predicted octanol–water partition coefficient (Wildman–Crippen LogP) is 2.70. The average molecular weight is 275 g/mol. The Labute approximate surface area is 114 Å². The lowest BCUT2D eigenvalue weighted by Crippen LogP contribution is -2.27. The van der Waals surface area contributed by atoms with Crippen LogP contribution in [0.3, 0.4) is 0 Å². The van der Waals surface area contributed by atoms with Crippen LogP contribution in [0, 0.1) is 5.41 Å². The normalized spacial score (nSPS) is 10.1. The van der Waals surface area contributed by atoms with E-state index < -0.39 is 0 Å². The third-order valence-electron chi connectivity index (χ3n) is 2.36. The Balaban J connectivity index is 3.19. The molecule has 0 aliphatic carbocycles. The van der Waals surface area contributed by atoms with Gasteiger partial charge in [-0.1, -0.05) is 50.8 Å². The molecule has 0 fully saturated rings. The van der Waals surface area contributed by atoms with Crippen LogP contribution in [0.1, 0.15) is 45.4 Å². The van der Waals surface area contributed by atoms with E-state index in [9.17, 15) is 4.79 Å². The average Bonchev–Trinajstić information content (AvgIpc) is 2.33. The molecule has 0 heterocycles. The first kappa shape index (κ1) is 17.1. The maximum Gasteiger partial charge on any atom is 0.407 e. The Kier molecular flexibility index (Phi) is 11.9. The summed E-state index contributed by atoms with van der Waals surface area (Å²) in [5.41, 5.74) is 5.16. The number of carbonyl (C=O) groups is 1. The van der Waals surface area contributed by atoms with Crippen molar-refractivity contribution in [2.24, 2.45) is 5.73 Å². The molecule has 0 aliphatic rings. The first-order valence-electron chi connectivity index (χ1n) is 6.54. The van der Waals surface area contributed by atoms with Gasteiger partial charge in [-0.05, 0) is 6.42 Å².